The number of likely N-dealkylation sites (tertiary alicyclic amines) is 1. The highest BCUT2D eigenvalue weighted by Gasteiger charge is 2.32. The van der Waals surface area contributed by atoms with E-state index >= 15 is 0 Å². The van der Waals surface area contributed by atoms with Crippen LogP contribution in [-0.2, 0) is 0 Å². The van der Waals surface area contributed by atoms with Crippen LogP contribution in [0.3, 0.4) is 0 Å². The number of fused-ring (bicyclic) bond motifs is 1. The SMILES string of the molecule is CC1(C#N)CCN(C(=O)c2ccc3ncccc3c2)CC1. The van der Waals surface area contributed by atoms with Crippen molar-refractivity contribution in [3.05, 3.63) is 42.1 Å². The van der Waals surface area contributed by atoms with E-state index in [-0.39, 0.29) is 11.3 Å². The fourth-order valence-electron chi connectivity index (χ4n) is 2.71. The molecule has 0 atom stereocenters. The summed E-state index contributed by atoms with van der Waals surface area (Å²) >= 11 is 0. The van der Waals surface area contributed by atoms with Crippen LogP contribution in [0.5, 0.6) is 0 Å². The van der Waals surface area contributed by atoms with Gasteiger partial charge in [-0.2, -0.15) is 5.26 Å². The van der Waals surface area contributed by atoms with Crippen LogP contribution in [0.2, 0.25) is 0 Å². The number of hydrogen-bond donors (Lipinski definition) is 0. The third-order valence-corrected chi connectivity index (χ3v) is 4.27. The van der Waals surface area contributed by atoms with Gasteiger partial charge in [0.2, 0.25) is 0 Å². The summed E-state index contributed by atoms with van der Waals surface area (Å²) in [4.78, 5) is 18.7. The van der Waals surface area contributed by atoms with Crippen molar-refractivity contribution in [2.75, 3.05) is 13.1 Å². The van der Waals surface area contributed by atoms with E-state index in [1.165, 1.54) is 0 Å². The molecule has 106 valence electrons. The second-order valence-electron chi connectivity index (χ2n) is 5.88. The molecule has 2 aromatic rings. The minimum atomic E-state index is -0.288. The summed E-state index contributed by atoms with van der Waals surface area (Å²) in [6.07, 6.45) is 3.23. The van der Waals surface area contributed by atoms with E-state index < -0.39 is 0 Å². The molecule has 0 N–H and O–H groups in total. The van der Waals surface area contributed by atoms with E-state index in [1.807, 2.05) is 42.2 Å². The maximum absolute atomic E-state index is 12.6. The first kappa shape index (κ1) is 13.6. The van der Waals surface area contributed by atoms with Crippen LogP contribution in [-0.4, -0.2) is 28.9 Å². The Labute approximate surface area is 124 Å². The first-order chi connectivity index (χ1) is 10.1. The lowest BCUT2D eigenvalue weighted by atomic mass is 9.82. The summed E-state index contributed by atoms with van der Waals surface area (Å²) in [5.74, 6) is 0.0424. The Hall–Kier alpha value is -2.41. The molecule has 4 heteroatoms. The molecule has 0 saturated carbocycles. The summed E-state index contributed by atoms with van der Waals surface area (Å²) in [6, 6.07) is 11.8. The Kier molecular flexibility index (Phi) is 3.34. The molecule has 3 rings (SSSR count). The van der Waals surface area contributed by atoms with Gasteiger partial charge in [0.1, 0.15) is 0 Å². The molecule has 1 aromatic carbocycles. The van der Waals surface area contributed by atoms with E-state index in [0.717, 1.165) is 23.7 Å². The zero-order valence-corrected chi connectivity index (χ0v) is 12.0. The smallest absolute Gasteiger partial charge is 0.253 e. The predicted octanol–water partition coefficient (Wildman–Crippen LogP) is 3.00. The van der Waals surface area contributed by atoms with Crippen LogP contribution in [0, 0.1) is 16.7 Å². The van der Waals surface area contributed by atoms with Gasteiger partial charge in [-0.05, 0) is 44.0 Å². The number of benzene rings is 1. The van der Waals surface area contributed by atoms with Crippen molar-refractivity contribution in [3.63, 3.8) is 0 Å². The van der Waals surface area contributed by atoms with Gasteiger partial charge in [-0.15, -0.1) is 0 Å². The van der Waals surface area contributed by atoms with E-state index in [2.05, 4.69) is 11.1 Å². The van der Waals surface area contributed by atoms with Crippen molar-refractivity contribution in [1.82, 2.24) is 9.88 Å². The molecular weight excluding hydrogens is 262 g/mol. The first-order valence-corrected chi connectivity index (χ1v) is 7.17. The normalized spacial score (nSPS) is 17.4. The number of carbonyl (C=O) groups is 1. The summed E-state index contributed by atoms with van der Waals surface area (Å²) in [5, 5.41) is 10.1. The largest absolute Gasteiger partial charge is 0.339 e. The van der Waals surface area contributed by atoms with Crippen LogP contribution in [0.25, 0.3) is 10.9 Å². The van der Waals surface area contributed by atoms with E-state index in [4.69, 9.17) is 5.26 Å². The third-order valence-electron chi connectivity index (χ3n) is 4.27. The Morgan fingerprint density at radius 2 is 2.10 bits per heavy atom. The van der Waals surface area contributed by atoms with Gasteiger partial charge >= 0.3 is 0 Å². The molecular formula is C17H17N3O. The first-order valence-electron chi connectivity index (χ1n) is 7.17. The second-order valence-corrected chi connectivity index (χ2v) is 5.88. The lowest BCUT2D eigenvalue weighted by Gasteiger charge is -2.35. The van der Waals surface area contributed by atoms with Gasteiger partial charge in [-0.1, -0.05) is 6.07 Å². The Balaban J connectivity index is 1.80. The van der Waals surface area contributed by atoms with Crippen molar-refractivity contribution in [3.8, 4) is 6.07 Å². The number of nitrogens with zero attached hydrogens (tertiary/aromatic N) is 3. The number of nitriles is 1. The molecule has 1 aromatic heterocycles. The van der Waals surface area contributed by atoms with Crippen LogP contribution in [0.1, 0.15) is 30.1 Å². The predicted molar refractivity (Wildman–Crippen MR) is 80.6 cm³/mol. The zero-order chi connectivity index (χ0) is 14.9. The van der Waals surface area contributed by atoms with Crippen molar-refractivity contribution in [2.24, 2.45) is 5.41 Å². The molecule has 4 nitrogen and oxygen atoms in total. The number of hydrogen-bond acceptors (Lipinski definition) is 3. The van der Waals surface area contributed by atoms with Gasteiger partial charge < -0.3 is 4.90 Å². The van der Waals surface area contributed by atoms with Crippen LogP contribution >= 0.6 is 0 Å². The van der Waals surface area contributed by atoms with Crippen molar-refractivity contribution in [1.29, 1.82) is 5.26 Å². The zero-order valence-electron chi connectivity index (χ0n) is 12.0. The van der Waals surface area contributed by atoms with Crippen LogP contribution in [0.4, 0.5) is 0 Å². The quantitative estimate of drug-likeness (QED) is 0.806. The molecule has 1 aliphatic rings. The molecule has 0 spiro atoms. The fourth-order valence-corrected chi connectivity index (χ4v) is 2.71. The molecule has 1 amide bonds. The molecule has 0 aliphatic carbocycles. The molecule has 1 fully saturated rings. The number of carbonyl (C=O) groups excluding carboxylic acids is 1. The summed E-state index contributed by atoms with van der Waals surface area (Å²) in [7, 11) is 0. The van der Waals surface area contributed by atoms with E-state index in [9.17, 15) is 4.79 Å². The lowest BCUT2D eigenvalue weighted by Crippen LogP contribution is -2.41. The fraction of sp³-hybridized carbons (Fsp3) is 0.353. The number of aromatic nitrogens is 1. The summed E-state index contributed by atoms with van der Waals surface area (Å²) in [5.41, 5.74) is 1.30. The van der Waals surface area contributed by atoms with Gasteiger partial charge in [-0.25, -0.2) is 0 Å². The van der Waals surface area contributed by atoms with E-state index in [0.29, 0.717) is 18.7 Å². The number of pyridine rings is 1. The van der Waals surface area contributed by atoms with Crippen LogP contribution in [0.15, 0.2) is 36.5 Å². The van der Waals surface area contributed by atoms with Crippen LogP contribution < -0.4 is 0 Å². The minimum absolute atomic E-state index is 0.0424. The molecule has 0 unspecified atom stereocenters. The van der Waals surface area contributed by atoms with Gasteiger partial charge in [0.05, 0.1) is 17.0 Å². The van der Waals surface area contributed by atoms with Crippen molar-refractivity contribution >= 4 is 16.8 Å². The van der Waals surface area contributed by atoms with Gasteiger partial charge in [0.15, 0.2) is 0 Å². The maximum atomic E-state index is 12.6. The number of rotatable bonds is 1. The number of amides is 1. The van der Waals surface area contributed by atoms with Gasteiger partial charge in [0.25, 0.3) is 5.91 Å². The van der Waals surface area contributed by atoms with E-state index in [1.54, 1.807) is 6.20 Å². The number of piperidine rings is 1. The highest BCUT2D eigenvalue weighted by molar-refractivity contribution is 5.98. The van der Waals surface area contributed by atoms with Crippen molar-refractivity contribution in [2.45, 2.75) is 19.8 Å². The average molecular weight is 279 g/mol. The standard InChI is InChI=1S/C17H17N3O/c1-17(12-18)6-9-20(10-7-17)16(21)14-4-5-15-13(11-14)3-2-8-19-15/h2-5,8,11H,6-7,9-10H2,1H3. The molecule has 1 aliphatic heterocycles. The summed E-state index contributed by atoms with van der Waals surface area (Å²) in [6.45, 7) is 3.26. The molecule has 21 heavy (non-hydrogen) atoms. The topological polar surface area (TPSA) is 57.0 Å². The second kappa shape index (κ2) is 5.17. The van der Waals surface area contributed by atoms with Crippen molar-refractivity contribution < 1.29 is 4.79 Å². The Morgan fingerprint density at radius 3 is 2.81 bits per heavy atom. The highest BCUT2D eigenvalue weighted by atomic mass is 16.2. The lowest BCUT2D eigenvalue weighted by molar-refractivity contribution is 0.0662. The third kappa shape index (κ3) is 2.59. The molecule has 1 saturated heterocycles. The van der Waals surface area contributed by atoms with Gasteiger partial charge in [0, 0.05) is 30.2 Å². The monoisotopic (exact) mass is 279 g/mol. The molecule has 0 radical (unpaired) electrons. The highest BCUT2D eigenvalue weighted by Crippen LogP contribution is 2.30. The average Bonchev–Trinajstić information content (AvgIpc) is 2.54. The maximum Gasteiger partial charge on any atom is 0.253 e. The minimum Gasteiger partial charge on any atom is -0.339 e. The van der Waals surface area contributed by atoms with Gasteiger partial charge in [-0.3, -0.25) is 9.78 Å². The summed E-state index contributed by atoms with van der Waals surface area (Å²) < 4.78 is 0. The molecule has 0 bridgehead atoms. The molecule has 2 heterocycles. The Morgan fingerprint density at radius 1 is 1.33 bits per heavy atom. The Bertz CT molecular complexity index is 724.